The number of nitrogens with one attached hydrogen (secondary N) is 2. The Hall–Kier alpha value is -1.22. The SMILES string of the molecule is CCOCCNS(=O)(=O)c1ccc(NN)nc1. The molecule has 0 saturated heterocycles. The van der Waals surface area contributed by atoms with Crippen LogP contribution >= 0.6 is 0 Å². The van der Waals surface area contributed by atoms with E-state index < -0.39 is 10.0 Å². The van der Waals surface area contributed by atoms with Crippen molar-refractivity contribution in [1.29, 1.82) is 0 Å². The Morgan fingerprint density at radius 3 is 2.76 bits per heavy atom. The maximum absolute atomic E-state index is 11.7. The highest BCUT2D eigenvalue weighted by molar-refractivity contribution is 7.89. The van der Waals surface area contributed by atoms with Crippen LogP contribution in [0.25, 0.3) is 0 Å². The molecule has 1 heterocycles. The summed E-state index contributed by atoms with van der Waals surface area (Å²) >= 11 is 0. The molecule has 0 aromatic carbocycles. The smallest absolute Gasteiger partial charge is 0.242 e. The highest BCUT2D eigenvalue weighted by Crippen LogP contribution is 2.09. The summed E-state index contributed by atoms with van der Waals surface area (Å²) in [6, 6.07) is 2.91. The lowest BCUT2D eigenvalue weighted by atomic mass is 10.5. The summed E-state index contributed by atoms with van der Waals surface area (Å²) in [7, 11) is -3.53. The van der Waals surface area contributed by atoms with Gasteiger partial charge in [0.2, 0.25) is 10.0 Å². The van der Waals surface area contributed by atoms with Crippen LogP contribution in [-0.2, 0) is 14.8 Å². The van der Waals surface area contributed by atoms with Crippen LogP contribution in [-0.4, -0.2) is 33.2 Å². The minimum atomic E-state index is -3.53. The van der Waals surface area contributed by atoms with Gasteiger partial charge in [0.25, 0.3) is 0 Å². The van der Waals surface area contributed by atoms with Crippen molar-refractivity contribution in [3.8, 4) is 0 Å². The van der Waals surface area contributed by atoms with Crippen molar-refractivity contribution in [3.05, 3.63) is 18.3 Å². The first kappa shape index (κ1) is 13.8. The largest absolute Gasteiger partial charge is 0.380 e. The van der Waals surface area contributed by atoms with E-state index in [9.17, 15) is 8.42 Å². The van der Waals surface area contributed by atoms with Crippen LogP contribution in [0.5, 0.6) is 0 Å². The number of aromatic nitrogens is 1. The van der Waals surface area contributed by atoms with Crippen LogP contribution in [0.4, 0.5) is 5.82 Å². The number of sulfonamides is 1. The molecule has 17 heavy (non-hydrogen) atoms. The first-order valence-electron chi connectivity index (χ1n) is 5.10. The van der Waals surface area contributed by atoms with Crippen LogP contribution in [0.3, 0.4) is 0 Å². The van der Waals surface area contributed by atoms with Gasteiger partial charge in [0.1, 0.15) is 10.7 Å². The van der Waals surface area contributed by atoms with Crippen molar-refractivity contribution in [3.63, 3.8) is 0 Å². The number of anilines is 1. The Morgan fingerprint density at radius 2 is 2.24 bits per heavy atom. The number of nitrogens with two attached hydrogens (primary N) is 1. The highest BCUT2D eigenvalue weighted by Gasteiger charge is 2.13. The molecule has 0 spiro atoms. The van der Waals surface area contributed by atoms with Gasteiger partial charge < -0.3 is 10.2 Å². The number of ether oxygens (including phenoxy) is 1. The Balaban J connectivity index is 2.62. The summed E-state index contributed by atoms with van der Waals surface area (Å²) in [5, 5.41) is 0. The predicted molar refractivity (Wildman–Crippen MR) is 63.7 cm³/mol. The molecular weight excluding hydrogens is 244 g/mol. The molecule has 96 valence electrons. The van der Waals surface area contributed by atoms with Gasteiger partial charge in [0, 0.05) is 19.3 Å². The lowest BCUT2D eigenvalue weighted by Crippen LogP contribution is -2.27. The van der Waals surface area contributed by atoms with E-state index in [2.05, 4.69) is 15.1 Å². The van der Waals surface area contributed by atoms with Gasteiger partial charge in [-0.05, 0) is 19.1 Å². The predicted octanol–water partition coefficient (Wildman–Crippen LogP) is -0.318. The lowest BCUT2D eigenvalue weighted by molar-refractivity contribution is 0.153. The fourth-order valence-electron chi connectivity index (χ4n) is 1.10. The van der Waals surface area contributed by atoms with Gasteiger partial charge in [-0.2, -0.15) is 0 Å². The minimum Gasteiger partial charge on any atom is -0.380 e. The van der Waals surface area contributed by atoms with Crippen molar-refractivity contribution in [2.75, 3.05) is 25.2 Å². The van der Waals surface area contributed by atoms with Gasteiger partial charge in [-0.1, -0.05) is 0 Å². The highest BCUT2D eigenvalue weighted by atomic mass is 32.2. The van der Waals surface area contributed by atoms with Crippen molar-refractivity contribution >= 4 is 15.8 Å². The van der Waals surface area contributed by atoms with Crippen molar-refractivity contribution in [2.45, 2.75) is 11.8 Å². The lowest BCUT2D eigenvalue weighted by Gasteiger charge is -2.07. The third kappa shape index (κ3) is 4.27. The first-order chi connectivity index (χ1) is 8.10. The zero-order valence-corrected chi connectivity index (χ0v) is 10.3. The summed E-state index contributed by atoms with van der Waals surface area (Å²) < 4.78 is 30.9. The molecule has 4 N–H and O–H groups in total. The Kier molecular flexibility index (Phi) is 5.29. The molecule has 0 atom stereocenters. The summed E-state index contributed by atoms with van der Waals surface area (Å²) in [5.41, 5.74) is 2.32. The molecule has 8 heteroatoms. The van der Waals surface area contributed by atoms with Crippen LogP contribution in [0, 0.1) is 0 Å². The van der Waals surface area contributed by atoms with E-state index in [0.717, 1.165) is 0 Å². The van der Waals surface area contributed by atoms with E-state index in [-0.39, 0.29) is 11.4 Å². The normalized spacial score (nSPS) is 11.4. The fourth-order valence-corrected chi connectivity index (χ4v) is 2.06. The van der Waals surface area contributed by atoms with Gasteiger partial charge in [0.15, 0.2) is 0 Å². The number of hydrogen-bond donors (Lipinski definition) is 3. The monoisotopic (exact) mass is 260 g/mol. The number of hydrazine groups is 1. The van der Waals surface area contributed by atoms with E-state index in [1.54, 1.807) is 0 Å². The van der Waals surface area contributed by atoms with Gasteiger partial charge in [-0.25, -0.2) is 24.0 Å². The fraction of sp³-hybridized carbons (Fsp3) is 0.444. The Morgan fingerprint density at radius 1 is 1.47 bits per heavy atom. The first-order valence-corrected chi connectivity index (χ1v) is 6.58. The second-order valence-electron chi connectivity index (χ2n) is 3.12. The molecule has 0 radical (unpaired) electrons. The van der Waals surface area contributed by atoms with Crippen molar-refractivity contribution in [2.24, 2.45) is 5.84 Å². The second-order valence-corrected chi connectivity index (χ2v) is 4.89. The summed E-state index contributed by atoms with van der Waals surface area (Å²) in [6.45, 7) is 2.97. The van der Waals surface area contributed by atoms with Gasteiger partial charge in [0.05, 0.1) is 6.61 Å². The second kappa shape index (κ2) is 6.50. The van der Waals surface area contributed by atoms with Crippen molar-refractivity contribution in [1.82, 2.24) is 9.71 Å². The van der Waals surface area contributed by atoms with E-state index in [0.29, 0.717) is 19.0 Å². The van der Waals surface area contributed by atoms with E-state index in [1.165, 1.54) is 18.3 Å². The molecular formula is C9H16N4O3S. The van der Waals surface area contributed by atoms with Crippen LogP contribution < -0.4 is 16.0 Å². The van der Waals surface area contributed by atoms with Gasteiger partial charge >= 0.3 is 0 Å². The van der Waals surface area contributed by atoms with E-state index >= 15 is 0 Å². The zero-order valence-electron chi connectivity index (χ0n) is 9.51. The molecule has 7 nitrogen and oxygen atoms in total. The zero-order chi connectivity index (χ0) is 12.7. The Bertz CT molecular complexity index is 432. The molecule has 0 saturated carbocycles. The molecule has 1 rings (SSSR count). The van der Waals surface area contributed by atoms with Crippen molar-refractivity contribution < 1.29 is 13.2 Å². The third-order valence-electron chi connectivity index (χ3n) is 1.94. The standard InChI is InChI=1S/C9H16N4O3S/c1-2-16-6-5-12-17(14,15)8-3-4-9(13-10)11-7-8/h3-4,7,12H,2,5-6,10H2,1H3,(H,11,13). The average molecular weight is 260 g/mol. The number of nitrogen functional groups attached to an aromatic ring is 1. The van der Waals surface area contributed by atoms with Gasteiger partial charge in [-0.3, -0.25) is 0 Å². The van der Waals surface area contributed by atoms with Gasteiger partial charge in [-0.15, -0.1) is 0 Å². The molecule has 1 aromatic rings. The van der Waals surface area contributed by atoms with Crippen LogP contribution in [0.1, 0.15) is 6.92 Å². The minimum absolute atomic E-state index is 0.0907. The molecule has 0 aliphatic rings. The third-order valence-corrected chi connectivity index (χ3v) is 3.38. The summed E-state index contributed by atoms with van der Waals surface area (Å²) in [4.78, 5) is 3.91. The molecule has 0 bridgehead atoms. The molecule has 0 amide bonds. The average Bonchev–Trinajstić information content (AvgIpc) is 2.35. The number of rotatable bonds is 7. The molecule has 0 unspecified atom stereocenters. The van der Waals surface area contributed by atoms with Crippen LogP contribution in [0.15, 0.2) is 23.2 Å². The van der Waals surface area contributed by atoms with E-state index in [1.807, 2.05) is 6.92 Å². The summed E-state index contributed by atoms with van der Waals surface area (Å²) in [6.07, 6.45) is 1.23. The topological polar surface area (TPSA) is 106 Å². The molecule has 0 fully saturated rings. The molecule has 0 aliphatic carbocycles. The molecule has 1 aromatic heterocycles. The Labute approximate surface area is 100 Å². The number of pyridine rings is 1. The maximum Gasteiger partial charge on any atom is 0.242 e. The maximum atomic E-state index is 11.7. The molecule has 0 aliphatic heterocycles. The van der Waals surface area contributed by atoms with E-state index in [4.69, 9.17) is 10.6 Å². The quantitative estimate of drug-likeness (QED) is 0.352. The number of hydrogen-bond acceptors (Lipinski definition) is 6. The summed E-state index contributed by atoms with van der Waals surface area (Å²) in [5.74, 6) is 5.53. The number of nitrogens with zero attached hydrogens (tertiary/aromatic N) is 1. The van der Waals surface area contributed by atoms with Crippen LogP contribution in [0.2, 0.25) is 0 Å².